The number of rotatable bonds is 8. The number of hydrogen-bond acceptors (Lipinski definition) is 5. The van der Waals surface area contributed by atoms with Crippen molar-refractivity contribution >= 4 is 18.0 Å². The van der Waals surface area contributed by atoms with Crippen molar-refractivity contribution in [2.45, 2.75) is 37.6 Å². The van der Waals surface area contributed by atoms with Crippen LogP contribution in [-0.4, -0.2) is 42.3 Å². The van der Waals surface area contributed by atoms with Crippen molar-refractivity contribution in [2.24, 2.45) is 5.92 Å². The Kier molecular flexibility index (Phi) is 6.70. The first kappa shape index (κ1) is 21.8. The maximum Gasteiger partial charge on any atom is 0.407 e. The van der Waals surface area contributed by atoms with E-state index >= 15 is 0 Å². The lowest BCUT2D eigenvalue weighted by Gasteiger charge is -2.21. The van der Waals surface area contributed by atoms with E-state index in [0.717, 1.165) is 30.4 Å². The number of fused-ring (bicyclic) bond motifs is 3. The molecule has 0 radical (unpaired) electrons. The first-order chi connectivity index (χ1) is 15.5. The zero-order chi connectivity index (χ0) is 22.5. The summed E-state index contributed by atoms with van der Waals surface area (Å²) in [7, 11) is 0. The van der Waals surface area contributed by atoms with Crippen LogP contribution in [0.15, 0.2) is 48.5 Å². The molecular weight excluding hydrogens is 412 g/mol. The molecule has 0 bridgehead atoms. The molecule has 2 aromatic rings. The fourth-order valence-electron chi connectivity index (χ4n) is 4.72. The van der Waals surface area contributed by atoms with Gasteiger partial charge in [-0.05, 0) is 41.0 Å². The second kappa shape index (κ2) is 9.82. The van der Waals surface area contributed by atoms with E-state index < -0.39 is 24.6 Å². The molecule has 0 spiro atoms. The summed E-state index contributed by atoms with van der Waals surface area (Å²) in [4.78, 5) is 39.6. The fourth-order valence-corrected chi connectivity index (χ4v) is 4.72. The Bertz CT molecular complexity index is 962. The Labute approximate surface area is 185 Å². The van der Waals surface area contributed by atoms with E-state index in [0.29, 0.717) is 0 Å². The van der Waals surface area contributed by atoms with E-state index in [1.54, 1.807) is 0 Å². The Hall–Kier alpha value is -3.39. The summed E-state index contributed by atoms with van der Waals surface area (Å²) in [6.07, 6.45) is 2.10. The van der Waals surface area contributed by atoms with Gasteiger partial charge in [-0.1, -0.05) is 55.0 Å². The minimum Gasteiger partial charge on any atom is -0.479 e. The van der Waals surface area contributed by atoms with E-state index in [1.807, 2.05) is 24.3 Å². The number of benzene rings is 2. The van der Waals surface area contributed by atoms with Crippen LogP contribution in [-0.2, 0) is 19.2 Å². The average molecular weight is 438 g/mol. The number of hydrogen-bond donors (Lipinski definition) is 3. The molecule has 168 valence electrons. The van der Waals surface area contributed by atoms with Crippen LogP contribution in [0.1, 0.15) is 42.7 Å². The summed E-state index contributed by atoms with van der Waals surface area (Å²) in [6.45, 7) is -0.363. The van der Waals surface area contributed by atoms with Gasteiger partial charge in [-0.2, -0.15) is 0 Å². The number of carbonyl (C=O) groups excluding carboxylic acids is 2. The molecule has 2 amide bonds. The van der Waals surface area contributed by atoms with Crippen LogP contribution in [0.4, 0.5) is 4.79 Å². The summed E-state index contributed by atoms with van der Waals surface area (Å²) in [5.41, 5.74) is 6.78. The molecule has 0 heterocycles. The first-order valence-electron chi connectivity index (χ1n) is 10.8. The zero-order valence-corrected chi connectivity index (χ0v) is 17.6. The van der Waals surface area contributed by atoms with E-state index in [4.69, 9.17) is 9.84 Å². The van der Waals surface area contributed by atoms with Crippen LogP contribution >= 0.6 is 0 Å². The van der Waals surface area contributed by atoms with Gasteiger partial charge in [0.25, 0.3) is 0 Å². The van der Waals surface area contributed by atoms with Crippen LogP contribution in [0.5, 0.6) is 0 Å². The maximum atomic E-state index is 12.5. The lowest BCUT2D eigenvalue weighted by atomic mass is 9.98. The third kappa shape index (κ3) is 4.91. The van der Waals surface area contributed by atoms with Gasteiger partial charge in [0.15, 0.2) is 6.61 Å². The number of hydroxylamine groups is 1. The highest BCUT2D eigenvalue weighted by Gasteiger charge is 2.32. The van der Waals surface area contributed by atoms with Crippen molar-refractivity contribution in [3.63, 3.8) is 0 Å². The van der Waals surface area contributed by atoms with E-state index in [9.17, 15) is 14.4 Å². The van der Waals surface area contributed by atoms with Crippen LogP contribution < -0.4 is 10.8 Å². The molecule has 4 rings (SSSR count). The fraction of sp³-hybridized carbons (Fsp3) is 0.375. The van der Waals surface area contributed by atoms with Crippen LogP contribution in [0, 0.1) is 5.92 Å². The van der Waals surface area contributed by atoms with E-state index in [-0.39, 0.29) is 30.9 Å². The summed E-state index contributed by atoms with van der Waals surface area (Å²) >= 11 is 0. The van der Waals surface area contributed by atoms with Gasteiger partial charge in [0.2, 0.25) is 5.91 Å². The molecule has 3 N–H and O–H groups in total. The predicted molar refractivity (Wildman–Crippen MR) is 116 cm³/mol. The number of carboxylic acid groups (broad SMARTS) is 1. The summed E-state index contributed by atoms with van der Waals surface area (Å²) in [5.74, 6) is -1.63. The normalized spacial score (nSPS) is 19.1. The van der Waals surface area contributed by atoms with Gasteiger partial charge in [0, 0.05) is 18.4 Å². The SMILES string of the molecule is O=C(O)CONC(=O)C[C@@H]1CCC[C@H]1NC(=O)OCC1c2ccccc2-c2ccccc21. The highest BCUT2D eigenvalue weighted by Crippen LogP contribution is 2.44. The number of amides is 2. The topological polar surface area (TPSA) is 114 Å². The van der Waals surface area contributed by atoms with Crippen molar-refractivity contribution in [1.29, 1.82) is 0 Å². The minimum absolute atomic E-state index is 0.00955. The second-order valence-electron chi connectivity index (χ2n) is 8.18. The highest BCUT2D eigenvalue weighted by molar-refractivity contribution is 5.79. The van der Waals surface area contributed by atoms with E-state index in [1.165, 1.54) is 11.1 Å². The Morgan fingerprint density at radius 3 is 2.28 bits per heavy atom. The number of aliphatic carboxylic acids is 1. The van der Waals surface area contributed by atoms with Gasteiger partial charge >= 0.3 is 12.1 Å². The van der Waals surface area contributed by atoms with Gasteiger partial charge in [-0.3, -0.25) is 9.63 Å². The van der Waals surface area contributed by atoms with E-state index in [2.05, 4.69) is 39.9 Å². The predicted octanol–water partition coefficient (Wildman–Crippen LogP) is 3.22. The molecule has 2 atom stereocenters. The third-order valence-electron chi connectivity index (χ3n) is 6.14. The molecule has 0 aliphatic heterocycles. The lowest BCUT2D eigenvalue weighted by molar-refractivity contribution is -0.149. The molecule has 8 nitrogen and oxygen atoms in total. The van der Waals surface area contributed by atoms with Crippen LogP contribution in [0.3, 0.4) is 0 Å². The number of carboxylic acids is 1. The Morgan fingerprint density at radius 2 is 1.62 bits per heavy atom. The number of carbonyl (C=O) groups is 3. The Balaban J connectivity index is 1.30. The molecule has 1 fully saturated rings. The van der Waals surface area contributed by atoms with Crippen molar-refractivity contribution in [3.8, 4) is 11.1 Å². The van der Waals surface area contributed by atoms with Gasteiger partial charge in [0.05, 0.1) is 0 Å². The second-order valence-corrected chi connectivity index (χ2v) is 8.18. The monoisotopic (exact) mass is 438 g/mol. The van der Waals surface area contributed by atoms with Crippen LogP contribution in [0.25, 0.3) is 11.1 Å². The quantitative estimate of drug-likeness (QED) is 0.546. The molecule has 2 aliphatic rings. The Morgan fingerprint density at radius 1 is 0.969 bits per heavy atom. The smallest absolute Gasteiger partial charge is 0.407 e. The average Bonchev–Trinajstić information content (AvgIpc) is 3.34. The van der Waals surface area contributed by atoms with Crippen LogP contribution in [0.2, 0.25) is 0 Å². The zero-order valence-electron chi connectivity index (χ0n) is 17.6. The van der Waals surface area contributed by atoms with Gasteiger partial charge in [-0.25, -0.2) is 15.1 Å². The number of nitrogens with one attached hydrogen (secondary N) is 2. The van der Waals surface area contributed by atoms with Gasteiger partial charge < -0.3 is 15.2 Å². The summed E-state index contributed by atoms with van der Waals surface area (Å²) < 4.78 is 5.61. The molecule has 2 aliphatic carbocycles. The highest BCUT2D eigenvalue weighted by atomic mass is 16.7. The van der Waals surface area contributed by atoms with Crippen molar-refractivity contribution in [3.05, 3.63) is 59.7 Å². The molecule has 32 heavy (non-hydrogen) atoms. The molecule has 0 aromatic heterocycles. The molecule has 8 heteroatoms. The van der Waals surface area contributed by atoms with Gasteiger partial charge in [0.1, 0.15) is 6.61 Å². The lowest BCUT2D eigenvalue weighted by Crippen LogP contribution is -2.40. The van der Waals surface area contributed by atoms with Crippen molar-refractivity contribution < 1.29 is 29.1 Å². The third-order valence-corrected chi connectivity index (χ3v) is 6.14. The summed E-state index contributed by atoms with van der Waals surface area (Å²) in [5, 5.41) is 11.5. The number of ether oxygens (including phenoxy) is 1. The maximum absolute atomic E-state index is 12.5. The molecule has 0 unspecified atom stereocenters. The summed E-state index contributed by atoms with van der Waals surface area (Å²) in [6, 6.07) is 16.1. The number of alkyl carbamates (subject to hydrolysis) is 1. The standard InChI is InChI=1S/C24H26N2O6/c27-22(26-32-14-23(28)29)12-15-6-5-11-21(15)25-24(30)31-13-20-18-9-3-1-7-16(18)17-8-2-4-10-19(17)20/h1-4,7-10,15,20-21H,5-6,11-14H2,(H,25,30)(H,26,27)(H,28,29)/t15-,21+/m0/s1. The van der Waals surface area contributed by atoms with Crippen molar-refractivity contribution in [2.75, 3.05) is 13.2 Å². The molecule has 0 saturated heterocycles. The molecule has 1 saturated carbocycles. The first-order valence-corrected chi connectivity index (χ1v) is 10.8. The largest absolute Gasteiger partial charge is 0.479 e. The molecule has 2 aromatic carbocycles. The molecular formula is C24H26N2O6. The van der Waals surface area contributed by atoms with Gasteiger partial charge in [-0.15, -0.1) is 0 Å². The van der Waals surface area contributed by atoms with Crippen molar-refractivity contribution in [1.82, 2.24) is 10.8 Å². The minimum atomic E-state index is -1.17.